The lowest BCUT2D eigenvalue weighted by molar-refractivity contribution is -0.126. The van der Waals surface area contributed by atoms with Gasteiger partial charge in [0.2, 0.25) is 11.8 Å². The van der Waals surface area contributed by atoms with E-state index in [1.807, 2.05) is 0 Å². The van der Waals surface area contributed by atoms with E-state index < -0.39 is 6.04 Å². The first-order chi connectivity index (χ1) is 12.5. The molecule has 1 N–H and O–H groups in total. The Morgan fingerprint density at radius 1 is 1.31 bits per heavy atom. The van der Waals surface area contributed by atoms with Crippen LogP contribution in [0.15, 0.2) is 42.5 Å². The molecule has 0 bridgehead atoms. The van der Waals surface area contributed by atoms with E-state index in [1.165, 1.54) is 19.2 Å². The van der Waals surface area contributed by atoms with Crippen LogP contribution in [0.4, 0.5) is 10.1 Å². The molecular formula is C19H18ClFN2O3. The molecule has 0 spiro atoms. The third-order valence-electron chi connectivity index (χ3n) is 4.29. The van der Waals surface area contributed by atoms with E-state index in [0.717, 1.165) is 0 Å². The first-order valence-electron chi connectivity index (χ1n) is 8.16. The summed E-state index contributed by atoms with van der Waals surface area (Å²) in [7, 11) is 1.54. The highest BCUT2D eigenvalue weighted by Gasteiger charge is 2.33. The maximum Gasteiger partial charge on any atom is 0.249 e. The predicted octanol–water partition coefficient (Wildman–Crippen LogP) is 2.95. The molecule has 0 aromatic heterocycles. The second-order valence-corrected chi connectivity index (χ2v) is 6.42. The van der Waals surface area contributed by atoms with Crippen LogP contribution in [0.25, 0.3) is 0 Å². The molecule has 2 aromatic rings. The van der Waals surface area contributed by atoms with Crippen LogP contribution in [0.5, 0.6) is 5.75 Å². The van der Waals surface area contributed by atoms with Crippen LogP contribution in [0.3, 0.4) is 0 Å². The van der Waals surface area contributed by atoms with Gasteiger partial charge in [0, 0.05) is 17.3 Å². The zero-order chi connectivity index (χ0) is 18.7. The van der Waals surface area contributed by atoms with Gasteiger partial charge in [0.1, 0.15) is 17.6 Å². The van der Waals surface area contributed by atoms with E-state index >= 15 is 0 Å². The fourth-order valence-electron chi connectivity index (χ4n) is 2.91. The molecule has 1 saturated heterocycles. The number of anilines is 1. The number of methoxy groups -OCH3 is 1. The largest absolute Gasteiger partial charge is 0.497 e. The summed E-state index contributed by atoms with van der Waals surface area (Å²) < 4.78 is 18.1. The zero-order valence-electron chi connectivity index (χ0n) is 14.2. The van der Waals surface area contributed by atoms with Gasteiger partial charge in [0.25, 0.3) is 0 Å². The molecule has 0 radical (unpaired) electrons. The molecule has 0 unspecified atom stereocenters. The summed E-state index contributed by atoms with van der Waals surface area (Å²) in [4.78, 5) is 26.3. The molecule has 1 aliphatic heterocycles. The predicted molar refractivity (Wildman–Crippen MR) is 97.0 cm³/mol. The van der Waals surface area contributed by atoms with Crippen LogP contribution in [0.2, 0.25) is 5.02 Å². The first kappa shape index (κ1) is 18.2. The number of rotatable bonds is 5. The number of nitrogens with one attached hydrogen (secondary N) is 1. The van der Waals surface area contributed by atoms with Gasteiger partial charge in [-0.3, -0.25) is 9.59 Å². The summed E-state index contributed by atoms with van der Waals surface area (Å²) >= 11 is 6.15. The number of benzene rings is 2. The normalized spacial score (nSPS) is 16.7. The minimum atomic E-state index is -0.593. The maximum absolute atomic E-state index is 13.0. The molecule has 3 rings (SSSR count). The number of carbonyl (C=O) groups is 2. The smallest absolute Gasteiger partial charge is 0.249 e. The van der Waals surface area contributed by atoms with Gasteiger partial charge >= 0.3 is 0 Å². The van der Waals surface area contributed by atoms with E-state index in [1.54, 1.807) is 35.2 Å². The quantitative estimate of drug-likeness (QED) is 0.872. The monoisotopic (exact) mass is 376 g/mol. The average molecular weight is 377 g/mol. The molecule has 1 atom stereocenters. The Kier molecular flexibility index (Phi) is 5.42. The molecule has 2 aromatic carbocycles. The summed E-state index contributed by atoms with van der Waals surface area (Å²) in [5.41, 5.74) is 1.28. The number of halogens is 2. The molecular weight excluding hydrogens is 359 g/mol. The van der Waals surface area contributed by atoms with Crippen LogP contribution < -0.4 is 15.0 Å². The second-order valence-electron chi connectivity index (χ2n) is 6.01. The van der Waals surface area contributed by atoms with E-state index in [-0.39, 0.29) is 24.1 Å². The minimum Gasteiger partial charge on any atom is -0.497 e. The van der Waals surface area contributed by atoms with Crippen molar-refractivity contribution in [1.29, 1.82) is 0 Å². The third-order valence-corrected chi connectivity index (χ3v) is 4.64. The Balaban J connectivity index is 1.61. The van der Waals surface area contributed by atoms with Crippen molar-refractivity contribution in [3.05, 3.63) is 58.9 Å². The lowest BCUT2D eigenvalue weighted by Gasteiger charge is -2.17. The van der Waals surface area contributed by atoms with E-state index in [4.69, 9.17) is 16.3 Å². The number of hydrogen-bond donors (Lipinski definition) is 1. The summed E-state index contributed by atoms with van der Waals surface area (Å²) in [5, 5.41) is 3.19. The Bertz CT molecular complexity index is 826. The van der Waals surface area contributed by atoms with Gasteiger partial charge in [-0.1, -0.05) is 17.7 Å². The molecule has 2 amide bonds. The fraction of sp³-hybridized carbons (Fsp3) is 0.263. The molecule has 1 heterocycles. The van der Waals surface area contributed by atoms with Gasteiger partial charge < -0.3 is 15.0 Å². The summed E-state index contributed by atoms with van der Waals surface area (Å²) in [5.74, 6) is -0.233. The second kappa shape index (κ2) is 7.74. The van der Waals surface area contributed by atoms with Crippen LogP contribution in [0.1, 0.15) is 12.0 Å². The Labute approximate surface area is 155 Å². The molecule has 0 aliphatic carbocycles. The van der Waals surface area contributed by atoms with Gasteiger partial charge in [-0.15, -0.1) is 0 Å². The van der Waals surface area contributed by atoms with Crippen LogP contribution in [-0.2, 0) is 16.0 Å². The van der Waals surface area contributed by atoms with Gasteiger partial charge in [-0.2, -0.15) is 0 Å². The van der Waals surface area contributed by atoms with Crippen LogP contribution in [0, 0.1) is 5.82 Å². The molecule has 5 nitrogen and oxygen atoms in total. The number of ether oxygens (including phenoxy) is 1. The van der Waals surface area contributed by atoms with Crippen molar-refractivity contribution in [3.63, 3.8) is 0 Å². The van der Waals surface area contributed by atoms with Crippen molar-refractivity contribution in [2.75, 3.05) is 18.6 Å². The van der Waals surface area contributed by atoms with Crippen molar-refractivity contribution in [3.8, 4) is 5.75 Å². The van der Waals surface area contributed by atoms with Gasteiger partial charge in [0.05, 0.1) is 13.5 Å². The van der Waals surface area contributed by atoms with Crippen LogP contribution >= 0.6 is 11.6 Å². The highest BCUT2D eigenvalue weighted by atomic mass is 35.5. The minimum absolute atomic E-state index is 0.0726. The Hall–Kier alpha value is -2.60. The highest BCUT2D eigenvalue weighted by molar-refractivity contribution is 6.31. The number of hydrogen-bond acceptors (Lipinski definition) is 3. The van der Waals surface area contributed by atoms with E-state index in [2.05, 4.69) is 5.32 Å². The first-order valence-corrected chi connectivity index (χ1v) is 8.54. The summed E-state index contributed by atoms with van der Waals surface area (Å²) in [6.45, 7) is 0.471. The van der Waals surface area contributed by atoms with Crippen molar-refractivity contribution >= 4 is 29.1 Å². The summed E-state index contributed by atoms with van der Waals surface area (Å²) in [6, 6.07) is 10.2. The van der Waals surface area contributed by atoms with Crippen molar-refractivity contribution in [2.24, 2.45) is 0 Å². The van der Waals surface area contributed by atoms with Gasteiger partial charge in [0.15, 0.2) is 0 Å². The van der Waals surface area contributed by atoms with Crippen LogP contribution in [-0.4, -0.2) is 31.5 Å². The average Bonchev–Trinajstić information content (AvgIpc) is 2.98. The lowest BCUT2D eigenvalue weighted by Crippen LogP contribution is -2.42. The highest BCUT2D eigenvalue weighted by Crippen LogP contribution is 2.24. The van der Waals surface area contributed by atoms with E-state index in [0.29, 0.717) is 35.0 Å². The molecule has 1 aliphatic rings. The van der Waals surface area contributed by atoms with Gasteiger partial charge in [-0.25, -0.2) is 4.39 Å². The Morgan fingerprint density at radius 3 is 2.69 bits per heavy atom. The SMILES string of the molecule is COc1ccc(CC(=O)N[C@H]2CCN(c3ccc(F)cc3)C2=O)c(Cl)c1. The van der Waals surface area contributed by atoms with Crippen molar-refractivity contribution < 1.29 is 18.7 Å². The molecule has 1 fully saturated rings. The topological polar surface area (TPSA) is 58.6 Å². The number of nitrogens with zero attached hydrogens (tertiary/aromatic N) is 1. The fourth-order valence-corrected chi connectivity index (χ4v) is 3.15. The van der Waals surface area contributed by atoms with Crippen molar-refractivity contribution in [1.82, 2.24) is 5.32 Å². The standard InChI is InChI=1S/C19H18ClFN2O3/c1-26-15-7-2-12(16(20)11-15)10-18(24)22-17-8-9-23(19(17)25)14-5-3-13(21)4-6-14/h2-7,11,17H,8-10H2,1H3,(H,22,24)/t17-/m0/s1. The number of carbonyl (C=O) groups excluding carboxylic acids is 2. The van der Waals surface area contributed by atoms with Crippen molar-refractivity contribution in [2.45, 2.75) is 18.9 Å². The molecule has 136 valence electrons. The lowest BCUT2D eigenvalue weighted by atomic mass is 10.1. The Morgan fingerprint density at radius 2 is 2.04 bits per heavy atom. The van der Waals surface area contributed by atoms with E-state index in [9.17, 15) is 14.0 Å². The molecule has 7 heteroatoms. The zero-order valence-corrected chi connectivity index (χ0v) is 14.9. The molecule has 0 saturated carbocycles. The summed E-state index contributed by atoms with van der Waals surface area (Å²) in [6.07, 6.45) is 0.571. The maximum atomic E-state index is 13.0. The number of amides is 2. The molecule has 26 heavy (non-hydrogen) atoms. The van der Waals surface area contributed by atoms with Gasteiger partial charge in [-0.05, 0) is 48.4 Å². The third kappa shape index (κ3) is 3.96.